The molecule has 1 aliphatic carbocycles. The van der Waals surface area contributed by atoms with Crippen molar-refractivity contribution in [2.24, 2.45) is 5.92 Å². The average Bonchev–Trinajstić information content (AvgIpc) is 3.76. The van der Waals surface area contributed by atoms with Gasteiger partial charge in [0.25, 0.3) is 5.91 Å². The van der Waals surface area contributed by atoms with Gasteiger partial charge < -0.3 is 10.6 Å². The van der Waals surface area contributed by atoms with E-state index in [0.717, 1.165) is 19.8 Å². The Morgan fingerprint density at radius 3 is 2.00 bits per heavy atom. The predicted octanol–water partition coefficient (Wildman–Crippen LogP) is 7.91. The Balaban J connectivity index is 1.71. The van der Waals surface area contributed by atoms with Gasteiger partial charge in [0, 0.05) is 29.3 Å². The van der Waals surface area contributed by atoms with Crippen molar-refractivity contribution in [2.45, 2.75) is 63.6 Å². The van der Waals surface area contributed by atoms with Crippen molar-refractivity contribution < 1.29 is 49.1 Å². The van der Waals surface area contributed by atoms with Gasteiger partial charge in [-0.3, -0.25) is 9.59 Å². The molecule has 0 saturated heterocycles. The number of nitrogens with one attached hydrogen (secondary N) is 2. The van der Waals surface area contributed by atoms with E-state index in [4.69, 9.17) is 0 Å². The van der Waals surface area contributed by atoms with E-state index < -0.39 is 35.4 Å². The number of hydrogen-bond acceptors (Lipinski definition) is 2. The molecule has 0 aromatic heterocycles. The van der Waals surface area contributed by atoms with Crippen LogP contribution in [-0.4, -0.2) is 30.1 Å². The van der Waals surface area contributed by atoms with Gasteiger partial charge in [0.1, 0.15) is 0 Å². The monoisotopic (exact) mass is 604 g/mol. The van der Waals surface area contributed by atoms with E-state index >= 15 is 4.39 Å². The van der Waals surface area contributed by atoms with Gasteiger partial charge in [-0.2, -0.15) is 35.1 Å². The van der Waals surface area contributed by atoms with E-state index in [1.54, 1.807) is 30.3 Å². The Hall–Kier alpha value is -3.77. The summed E-state index contributed by atoms with van der Waals surface area (Å²) in [6.45, 7) is 2.61. The first kappa shape index (κ1) is 31.2. The number of anilines is 1. The van der Waals surface area contributed by atoms with Crippen molar-refractivity contribution in [3.8, 4) is 0 Å². The molecule has 0 spiro atoms. The molecule has 226 valence electrons. The van der Waals surface area contributed by atoms with Crippen LogP contribution in [0.25, 0.3) is 10.8 Å². The Kier molecular flexibility index (Phi) is 8.02. The summed E-state index contributed by atoms with van der Waals surface area (Å²) in [6, 6.07) is 10.3. The van der Waals surface area contributed by atoms with E-state index in [0.29, 0.717) is 16.3 Å². The van der Waals surface area contributed by atoms with Crippen molar-refractivity contribution >= 4 is 28.3 Å². The summed E-state index contributed by atoms with van der Waals surface area (Å²) >= 11 is 0. The molecule has 2 amide bonds. The van der Waals surface area contributed by atoms with E-state index in [1.165, 1.54) is 13.0 Å². The molecule has 42 heavy (non-hydrogen) atoms. The summed E-state index contributed by atoms with van der Waals surface area (Å²) < 4.78 is 123. The lowest BCUT2D eigenvalue weighted by molar-refractivity contribution is -0.389. The first-order valence-electron chi connectivity index (χ1n) is 12.9. The molecule has 1 unspecified atom stereocenters. The number of fused-ring (bicyclic) bond motifs is 1. The van der Waals surface area contributed by atoms with Crippen molar-refractivity contribution in [2.75, 3.05) is 5.32 Å². The molecule has 0 radical (unpaired) electrons. The van der Waals surface area contributed by atoms with Crippen molar-refractivity contribution in [3.63, 3.8) is 0 Å². The molecular weight excluding hydrogens is 579 g/mol. The van der Waals surface area contributed by atoms with Gasteiger partial charge >= 0.3 is 23.9 Å². The van der Waals surface area contributed by atoms with Crippen molar-refractivity contribution in [3.05, 3.63) is 76.3 Å². The average molecular weight is 605 g/mol. The zero-order chi connectivity index (χ0) is 31.3. The van der Waals surface area contributed by atoms with Gasteiger partial charge in [0.15, 0.2) is 0 Å². The molecule has 0 aliphatic heterocycles. The highest BCUT2D eigenvalue weighted by atomic mass is 19.4. The summed E-state index contributed by atoms with van der Waals surface area (Å²) in [4.78, 5) is 25.4. The first-order chi connectivity index (χ1) is 19.4. The lowest BCUT2D eigenvalue weighted by Crippen LogP contribution is -2.59. The third-order valence-corrected chi connectivity index (χ3v) is 7.27. The van der Waals surface area contributed by atoms with Crippen molar-refractivity contribution in [1.82, 2.24) is 5.32 Å². The van der Waals surface area contributed by atoms with E-state index in [2.05, 4.69) is 10.6 Å². The fraction of sp³-hybridized carbons (Fsp3) is 0.379. The fourth-order valence-corrected chi connectivity index (χ4v) is 4.80. The number of hydrogen-bond donors (Lipinski definition) is 2. The quantitative estimate of drug-likeness (QED) is 0.257. The highest BCUT2D eigenvalue weighted by Gasteiger charge is 2.81. The minimum atomic E-state index is -6.85. The zero-order valence-electron chi connectivity index (χ0n) is 22.2. The second kappa shape index (κ2) is 10.8. The maximum Gasteiger partial charge on any atom is 0.457 e. The smallest absolute Gasteiger partial charge is 0.352 e. The summed E-state index contributed by atoms with van der Waals surface area (Å²) in [5.74, 6) is -7.66. The molecule has 1 atom stereocenters. The third-order valence-electron chi connectivity index (χ3n) is 7.27. The van der Waals surface area contributed by atoms with Gasteiger partial charge in [-0.05, 0) is 65.8 Å². The second-order valence-electron chi connectivity index (χ2n) is 10.2. The van der Waals surface area contributed by atoms with Gasteiger partial charge in [0.05, 0.1) is 0 Å². The van der Waals surface area contributed by atoms with Crippen LogP contribution >= 0.6 is 0 Å². The van der Waals surface area contributed by atoms with Crippen LogP contribution < -0.4 is 10.6 Å². The second-order valence-corrected chi connectivity index (χ2v) is 10.2. The lowest BCUT2D eigenvalue weighted by atomic mass is 9.85. The van der Waals surface area contributed by atoms with E-state index in [1.807, 2.05) is 0 Å². The summed E-state index contributed by atoms with van der Waals surface area (Å²) in [6.07, 6.45) is -12.1. The van der Waals surface area contributed by atoms with Crippen LogP contribution in [0.1, 0.15) is 52.4 Å². The number of carbonyl (C=O) groups is 2. The fourth-order valence-electron chi connectivity index (χ4n) is 4.80. The number of rotatable bonds is 8. The van der Waals surface area contributed by atoms with E-state index in [-0.39, 0.29) is 59.3 Å². The van der Waals surface area contributed by atoms with Crippen LogP contribution in [-0.2, 0) is 23.4 Å². The lowest BCUT2D eigenvalue weighted by Gasteiger charge is -2.36. The number of carbonyl (C=O) groups excluding carboxylic acids is 2. The Labute approximate surface area is 234 Å². The first-order valence-corrected chi connectivity index (χ1v) is 12.9. The van der Waals surface area contributed by atoms with Crippen LogP contribution in [0, 0.1) is 12.8 Å². The zero-order valence-corrected chi connectivity index (χ0v) is 22.2. The van der Waals surface area contributed by atoms with Gasteiger partial charge in [-0.1, -0.05) is 43.3 Å². The van der Waals surface area contributed by atoms with Crippen LogP contribution in [0.4, 0.5) is 45.2 Å². The minimum Gasteiger partial charge on any atom is -0.352 e. The molecule has 3 aromatic carbocycles. The van der Waals surface area contributed by atoms with Gasteiger partial charge in [-0.25, -0.2) is 4.39 Å². The third kappa shape index (κ3) is 5.40. The number of halogens is 9. The molecule has 1 aliphatic rings. The molecule has 1 fully saturated rings. The molecule has 13 heteroatoms. The number of amides is 2. The summed E-state index contributed by atoms with van der Waals surface area (Å²) in [7, 11) is 0. The van der Waals surface area contributed by atoms with E-state index in [9.17, 15) is 44.7 Å². The normalized spacial score (nSPS) is 15.8. The minimum absolute atomic E-state index is 0.0120. The predicted molar refractivity (Wildman–Crippen MR) is 137 cm³/mol. The molecule has 0 bridgehead atoms. The SMILES string of the molecule is CCc1cc(C(F)(C(F)(F)F)C(F)(F)C(F)(F)F)cc(C)c1NC(=O)c1ccc(CNC(=O)C2CC2)c2ccccc12. The van der Waals surface area contributed by atoms with Crippen LogP contribution in [0.2, 0.25) is 0 Å². The Morgan fingerprint density at radius 2 is 1.45 bits per heavy atom. The standard InChI is InChI=1S/C29H25F9N2O2/c1-3-16-13-19(26(30,28(33,34)35)27(31,32)29(36,37)38)12-15(2)23(16)40-25(42)22-11-10-18(14-39-24(41)17-8-9-17)20-6-4-5-7-21(20)22/h4-7,10-13,17H,3,8-9,14H2,1-2H3,(H,39,41)(H,40,42). The molecule has 3 aromatic rings. The molecule has 2 N–H and O–H groups in total. The molecule has 4 nitrogen and oxygen atoms in total. The number of aryl methyl sites for hydroxylation is 2. The number of alkyl halides is 9. The summed E-state index contributed by atoms with van der Waals surface area (Å²) in [5, 5.41) is 6.43. The molecule has 0 heterocycles. The summed E-state index contributed by atoms with van der Waals surface area (Å²) in [5.41, 5.74) is -7.99. The molecular formula is C29H25F9N2O2. The topological polar surface area (TPSA) is 58.2 Å². The Morgan fingerprint density at radius 1 is 0.833 bits per heavy atom. The van der Waals surface area contributed by atoms with Crippen molar-refractivity contribution in [1.29, 1.82) is 0 Å². The van der Waals surface area contributed by atoms with Crippen LogP contribution in [0.5, 0.6) is 0 Å². The maximum atomic E-state index is 15.1. The molecule has 1 saturated carbocycles. The van der Waals surface area contributed by atoms with Crippen LogP contribution in [0.15, 0.2) is 48.5 Å². The van der Waals surface area contributed by atoms with Gasteiger partial charge in [0.2, 0.25) is 5.91 Å². The number of benzene rings is 3. The largest absolute Gasteiger partial charge is 0.457 e. The van der Waals surface area contributed by atoms with Gasteiger partial charge in [-0.15, -0.1) is 0 Å². The Bertz CT molecular complexity index is 1530. The molecule has 4 rings (SSSR count). The van der Waals surface area contributed by atoms with Crippen LogP contribution in [0.3, 0.4) is 0 Å². The highest BCUT2D eigenvalue weighted by Crippen LogP contribution is 2.58. The highest BCUT2D eigenvalue weighted by molar-refractivity contribution is 6.14. The maximum absolute atomic E-state index is 15.1.